The first-order valence-electron chi connectivity index (χ1n) is 7.07. The molecule has 2 rings (SSSR count). The standard InChI is InChI=1S/C17H15Cl2NO4/c1-2-20-17(21)23-9-8-22-16-7-6-14(11-15(16)19)24-13-5-3-4-12(18)10-13/h3-11H,2H2,1H3,(H,20,21). The van der Waals surface area contributed by atoms with E-state index in [1.54, 1.807) is 49.4 Å². The van der Waals surface area contributed by atoms with Gasteiger partial charge in [0.15, 0.2) is 0 Å². The van der Waals surface area contributed by atoms with Gasteiger partial charge in [-0.25, -0.2) is 4.79 Å². The largest absolute Gasteiger partial charge is 0.460 e. The molecule has 7 heteroatoms. The first kappa shape index (κ1) is 18.0. The molecule has 0 atom stereocenters. The van der Waals surface area contributed by atoms with Gasteiger partial charge in [-0.3, -0.25) is 0 Å². The van der Waals surface area contributed by atoms with Crippen LogP contribution >= 0.6 is 23.2 Å². The number of hydrogen-bond acceptors (Lipinski definition) is 4. The maximum absolute atomic E-state index is 11.1. The van der Waals surface area contributed by atoms with E-state index in [-0.39, 0.29) is 0 Å². The van der Waals surface area contributed by atoms with Crippen LogP contribution in [0.15, 0.2) is 55.0 Å². The third-order valence-electron chi connectivity index (χ3n) is 2.68. The fraction of sp³-hybridized carbons (Fsp3) is 0.118. The molecule has 2 aromatic rings. The lowest BCUT2D eigenvalue weighted by atomic mass is 10.3. The summed E-state index contributed by atoms with van der Waals surface area (Å²) in [6.45, 7) is 2.27. The fourth-order valence-electron chi connectivity index (χ4n) is 1.68. The van der Waals surface area contributed by atoms with Gasteiger partial charge in [0.05, 0.1) is 5.02 Å². The van der Waals surface area contributed by atoms with Gasteiger partial charge in [0.1, 0.15) is 29.8 Å². The highest BCUT2D eigenvalue weighted by Gasteiger charge is 2.05. The molecule has 0 bridgehead atoms. The third-order valence-corrected chi connectivity index (χ3v) is 3.21. The molecular weight excluding hydrogens is 353 g/mol. The molecule has 0 aliphatic heterocycles. The van der Waals surface area contributed by atoms with Crippen molar-refractivity contribution in [3.05, 3.63) is 65.0 Å². The van der Waals surface area contributed by atoms with Gasteiger partial charge in [-0.1, -0.05) is 29.3 Å². The van der Waals surface area contributed by atoms with Gasteiger partial charge in [-0.2, -0.15) is 0 Å². The number of rotatable bonds is 6. The zero-order chi connectivity index (χ0) is 17.4. The number of nitrogens with one attached hydrogen (secondary N) is 1. The van der Waals surface area contributed by atoms with Gasteiger partial charge >= 0.3 is 6.09 Å². The minimum absolute atomic E-state index is 0.345. The Kier molecular flexibility index (Phi) is 6.78. The molecule has 24 heavy (non-hydrogen) atoms. The highest BCUT2D eigenvalue weighted by Crippen LogP contribution is 2.32. The lowest BCUT2D eigenvalue weighted by Crippen LogP contribution is -2.21. The van der Waals surface area contributed by atoms with E-state index in [1.165, 1.54) is 6.26 Å². The molecule has 0 spiro atoms. The Morgan fingerprint density at radius 2 is 1.92 bits per heavy atom. The predicted octanol–water partition coefficient (Wildman–Crippen LogP) is 5.38. The van der Waals surface area contributed by atoms with Crippen LogP contribution < -0.4 is 14.8 Å². The van der Waals surface area contributed by atoms with E-state index < -0.39 is 6.09 Å². The SMILES string of the molecule is CCNC(=O)OC=COc1ccc(Oc2cccc(Cl)c2)cc1Cl. The van der Waals surface area contributed by atoms with Crippen LogP contribution in [0.4, 0.5) is 4.79 Å². The van der Waals surface area contributed by atoms with E-state index >= 15 is 0 Å². The third kappa shape index (κ3) is 5.68. The van der Waals surface area contributed by atoms with Crippen molar-refractivity contribution in [1.29, 1.82) is 0 Å². The Morgan fingerprint density at radius 3 is 2.62 bits per heavy atom. The summed E-state index contributed by atoms with van der Waals surface area (Å²) < 4.78 is 15.7. The Bertz CT molecular complexity index is 734. The number of carbonyl (C=O) groups excluding carboxylic acids is 1. The van der Waals surface area contributed by atoms with Crippen molar-refractivity contribution in [1.82, 2.24) is 5.32 Å². The van der Waals surface area contributed by atoms with Gasteiger partial charge in [-0.05, 0) is 37.3 Å². The van der Waals surface area contributed by atoms with Crippen molar-refractivity contribution >= 4 is 29.3 Å². The number of benzene rings is 2. The predicted molar refractivity (Wildman–Crippen MR) is 92.9 cm³/mol. The van der Waals surface area contributed by atoms with Crippen molar-refractivity contribution < 1.29 is 19.0 Å². The van der Waals surface area contributed by atoms with Crippen LogP contribution in [0.25, 0.3) is 0 Å². The quantitative estimate of drug-likeness (QED) is 0.696. The van der Waals surface area contributed by atoms with E-state index in [9.17, 15) is 4.79 Å². The van der Waals surface area contributed by atoms with Crippen LogP contribution in [0.3, 0.4) is 0 Å². The molecule has 0 aliphatic carbocycles. The highest BCUT2D eigenvalue weighted by molar-refractivity contribution is 6.32. The normalized spacial score (nSPS) is 10.5. The van der Waals surface area contributed by atoms with E-state index in [1.807, 2.05) is 0 Å². The van der Waals surface area contributed by atoms with E-state index in [2.05, 4.69) is 5.32 Å². The highest BCUT2D eigenvalue weighted by atomic mass is 35.5. The average Bonchev–Trinajstić information content (AvgIpc) is 2.53. The first-order chi connectivity index (χ1) is 11.6. The molecule has 0 unspecified atom stereocenters. The minimum Gasteiger partial charge on any atom is -0.460 e. The number of ether oxygens (including phenoxy) is 3. The van der Waals surface area contributed by atoms with E-state index in [0.29, 0.717) is 33.8 Å². The Hall–Kier alpha value is -2.37. The van der Waals surface area contributed by atoms with Crippen molar-refractivity contribution in [3.63, 3.8) is 0 Å². The smallest absolute Gasteiger partial charge is 0.412 e. The number of amides is 1. The van der Waals surface area contributed by atoms with Crippen LogP contribution in [0, 0.1) is 0 Å². The van der Waals surface area contributed by atoms with Crippen LogP contribution in [-0.4, -0.2) is 12.6 Å². The Balaban J connectivity index is 1.94. The molecule has 1 N–H and O–H groups in total. The van der Waals surface area contributed by atoms with Crippen molar-refractivity contribution in [3.8, 4) is 17.2 Å². The van der Waals surface area contributed by atoms with Crippen molar-refractivity contribution in [2.45, 2.75) is 6.92 Å². The van der Waals surface area contributed by atoms with Crippen LogP contribution in [0.5, 0.6) is 17.2 Å². The summed E-state index contributed by atoms with van der Waals surface area (Å²) in [4.78, 5) is 11.1. The summed E-state index contributed by atoms with van der Waals surface area (Å²) in [6.07, 6.45) is 1.78. The Morgan fingerprint density at radius 1 is 1.12 bits per heavy atom. The molecule has 0 radical (unpaired) electrons. The summed E-state index contributed by atoms with van der Waals surface area (Å²) in [6, 6.07) is 12.0. The van der Waals surface area contributed by atoms with Gasteiger partial charge in [0, 0.05) is 17.6 Å². The molecule has 0 saturated carbocycles. The summed E-state index contributed by atoms with van der Waals surface area (Å²) >= 11 is 12.0. The molecule has 1 amide bonds. The maximum Gasteiger partial charge on any atom is 0.412 e. The van der Waals surface area contributed by atoms with E-state index in [4.69, 9.17) is 37.4 Å². The lowest BCUT2D eigenvalue weighted by Gasteiger charge is -2.08. The van der Waals surface area contributed by atoms with Gasteiger partial charge in [0.2, 0.25) is 0 Å². The second-order valence-corrected chi connectivity index (χ2v) is 5.32. The minimum atomic E-state index is -0.561. The van der Waals surface area contributed by atoms with Gasteiger partial charge in [-0.15, -0.1) is 0 Å². The summed E-state index contributed by atoms with van der Waals surface area (Å²) in [5, 5.41) is 3.39. The van der Waals surface area contributed by atoms with Crippen LogP contribution in [0.2, 0.25) is 10.0 Å². The lowest BCUT2D eigenvalue weighted by molar-refractivity contribution is 0.184. The van der Waals surface area contributed by atoms with Crippen LogP contribution in [0.1, 0.15) is 6.92 Å². The second-order valence-electron chi connectivity index (χ2n) is 4.48. The zero-order valence-electron chi connectivity index (χ0n) is 12.8. The first-order valence-corrected chi connectivity index (χ1v) is 7.83. The Labute approximate surface area is 149 Å². The van der Waals surface area contributed by atoms with Crippen molar-refractivity contribution in [2.24, 2.45) is 0 Å². The van der Waals surface area contributed by atoms with Gasteiger partial charge < -0.3 is 19.5 Å². The summed E-state index contributed by atoms with van der Waals surface area (Å²) in [7, 11) is 0. The zero-order valence-corrected chi connectivity index (χ0v) is 14.3. The summed E-state index contributed by atoms with van der Waals surface area (Å²) in [5.41, 5.74) is 0. The molecule has 0 aromatic heterocycles. The van der Waals surface area contributed by atoms with E-state index in [0.717, 1.165) is 6.26 Å². The van der Waals surface area contributed by atoms with Gasteiger partial charge in [0.25, 0.3) is 0 Å². The van der Waals surface area contributed by atoms with Crippen molar-refractivity contribution in [2.75, 3.05) is 6.54 Å². The topological polar surface area (TPSA) is 56.8 Å². The molecule has 0 fully saturated rings. The summed E-state index contributed by atoms with van der Waals surface area (Å²) in [5.74, 6) is 1.53. The second kappa shape index (κ2) is 9.05. The fourth-order valence-corrected chi connectivity index (χ4v) is 2.08. The molecule has 126 valence electrons. The number of carbonyl (C=O) groups is 1. The molecular formula is C17H15Cl2NO4. The molecule has 0 saturated heterocycles. The monoisotopic (exact) mass is 367 g/mol. The average molecular weight is 368 g/mol. The molecule has 0 aliphatic rings. The molecule has 0 heterocycles. The molecule has 5 nitrogen and oxygen atoms in total. The molecule has 2 aromatic carbocycles. The maximum atomic E-state index is 11.1. The van der Waals surface area contributed by atoms with Crippen LogP contribution in [-0.2, 0) is 4.74 Å². The number of hydrogen-bond donors (Lipinski definition) is 1. The number of halogens is 2. The number of alkyl carbamates (subject to hydrolysis) is 1.